The first kappa shape index (κ1) is 11.8. The number of carbonyl (C=O) groups is 1. The van der Waals surface area contributed by atoms with Crippen molar-refractivity contribution in [2.75, 3.05) is 0 Å². The molecule has 1 nitrogen and oxygen atoms in total. The number of ketones is 1. The van der Waals surface area contributed by atoms with Gasteiger partial charge in [-0.3, -0.25) is 4.79 Å². The molecule has 1 fully saturated rings. The second kappa shape index (κ2) is 5.09. The van der Waals surface area contributed by atoms with E-state index in [2.05, 4.69) is 15.9 Å². The lowest BCUT2D eigenvalue weighted by molar-refractivity contribution is -0.121. The van der Waals surface area contributed by atoms with Gasteiger partial charge in [-0.2, -0.15) is 0 Å². The van der Waals surface area contributed by atoms with Gasteiger partial charge >= 0.3 is 0 Å². The fourth-order valence-electron chi connectivity index (χ4n) is 2.21. The first-order valence-electron chi connectivity index (χ1n) is 5.61. The van der Waals surface area contributed by atoms with Crippen molar-refractivity contribution in [2.45, 2.75) is 32.1 Å². The first-order valence-corrected chi connectivity index (χ1v) is 6.40. The van der Waals surface area contributed by atoms with Crippen molar-refractivity contribution in [1.82, 2.24) is 0 Å². The van der Waals surface area contributed by atoms with Crippen LogP contribution in [0.5, 0.6) is 0 Å². The lowest BCUT2D eigenvalue weighted by Crippen LogP contribution is -2.16. The summed E-state index contributed by atoms with van der Waals surface area (Å²) in [7, 11) is 0. The molecule has 0 radical (unpaired) electrons. The molecule has 2 rings (SSSR count). The van der Waals surface area contributed by atoms with Crippen LogP contribution in [0, 0.1) is 11.7 Å². The highest BCUT2D eigenvalue weighted by atomic mass is 79.9. The van der Waals surface area contributed by atoms with Crippen molar-refractivity contribution in [2.24, 2.45) is 5.92 Å². The molecule has 1 aromatic carbocycles. The van der Waals surface area contributed by atoms with Crippen LogP contribution in [-0.4, -0.2) is 5.78 Å². The Kier molecular flexibility index (Phi) is 3.74. The molecule has 0 aromatic heterocycles. The van der Waals surface area contributed by atoms with Crippen LogP contribution >= 0.6 is 15.9 Å². The van der Waals surface area contributed by atoms with Gasteiger partial charge in [-0.15, -0.1) is 0 Å². The molecule has 16 heavy (non-hydrogen) atoms. The Morgan fingerprint density at radius 3 is 2.69 bits per heavy atom. The topological polar surface area (TPSA) is 17.1 Å². The van der Waals surface area contributed by atoms with E-state index in [9.17, 15) is 9.18 Å². The van der Waals surface area contributed by atoms with Crippen LogP contribution < -0.4 is 0 Å². The van der Waals surface area contributed by atoms with Crippen LogP contribution in [0.2, 0.25) is 0 Å². The second-order valence-electron chi connectivity index (χ2n) is 4.42. The number of Topliss-reactive ketones (excluding diaryl/α,β-unsaturated/α-hetero) is 1. The van der Waals surface area contributed by atoms with Gasteiger partial charge in [0.2, 0.25) is 0 Å². The van der Waals surface area contributed by atoms with E-state index < -0.39 is 0 Å². The van der Waals surface area contributed by atoms with Crippen LogP contribution in [0.3, 0.4) is 0 Å². The van der Waals surface area contributed by atoms with E-state index in [1.807, 2.05) is 6.07 Å². The molecule has 0 heterocycles. The summed E-state index contributed by atoms with van der Waals surface area (Å²) in [5.41, 5.74) is 0.758. The van der Waals surface area contributed by atoms with E-state index in [0.717, 1.165) is 29.3 Å². The highest BCUT2D eigenvalue weighted by molar-refractivity contribution is 9.10. The Hall–Kier alpha value is -0.700. The lowest BCUT2D eigenvalue weighted by atomic mass is 9.84. The third-order valence-electron chi connectivity index (χ3n) is 3.18. The third kappa shape index (κ3) is 2.91. The van der Waals surface area contributed by atoms with Gasteiger partial charge in [0.1, 0.15) is 11.6 Å². The molecule has 0 unspecified atom stereocenters. The summed E-state index contributed by atoms with van der Waals surface area (Å²) >= 11 is 3.35. The van der Waals surface area contributed by atoms with Crippen molar-refractivity contribution in [3.8, 4) is 0 Å². The molecule has 0 aliphatic heterocycles. The molecule has 86 valence electrons. The average Bonchev–Trinajstić information content (AvgIpc) is 2.27. The monoisotopic (exact) mass is 284 g/mol. The maximum atomic E-state index is 13.5. The van der Waals surface area contributed by atoms with Gasteiger partial charge in [0, 0.05) is 17.3 Å². The van der Waals surface area contributed by atoms with E-state index >= 15 is 0 Å². The number of halogens is 2. The fraction of sp³-hybridized carbons (Fsp3) is 0.462. The van der Waals surface area contributed by atoms with Crippen molar-refractivity contribution in [1.29, 1.82) is 0 Å². The maximum absolute atomic E-state index is 13.5. The minimum Gasteiger partial charge on any atom is -0.300 e. The van der Waals surface area contributed by atoms with E-state index in [1.165, 1.54) is 6.07 Å². The molecule has 0 spiro atoms. The van der Waals surface area contributed by atoms with E-state index in [1.54, 1.807) is 6.07 Å². The Bertz CT molecular complexity index is 393. The average molecular weight is 285 g/mol. The molecule has 0 bridgehead atoms. The van der Waals surface area contributed by atoms with Gasteiger partial charge in [0.05, 0.1) is 0 Å². The second-order valence-corrected chi connectivity index (χ2v) is 5.34. The lowest BCUT2D eigenvalue weighted by Gasteiger charge is -2.21. The summed E-state index contributed by atoms with van der Waals surface area (Å²) in [5, 5.41) is 0. The summed E-state index contributed by atoms with van der Waals surface area (Å²) in [6.07, 6.45) is 3.90. The largest absolute Gasteiger partial charge is 0.300 e. The van der Waals surface area contributed by atoms with Crippen molar-refractivity contribution >= 4 is 21.7 Å². The third-order valence-corrected chi connectivity index (χ3v) is 3.67. The number of hydrogen-bond donors (Lipinski definition) is 0. The zero-order valence-electron chi connectivity index (χ0n) is 9.01. The molecule has 1 saturated carbocycles. The highest BCUT2D eigenvalue weighted by Gasteiger charge is 2.20. The Morgan fingerprint density at radius 1 is 1.31 bits per heavy atom. The zero-order valence-corrected chi connectivity index (χ0v) is 10.6. The molecule has 1 aromatic rings. The van der Waals surface area contributed by atoms with Gasteiger partial charge < -0.3 is 0 Å². The van der Waals surface area contributed by atoms with Crippen LogP contribution in [0.15, 0.2) is 22.7 Å². The van der Waals surface area contributed by atoms with Crippen molar-refractivity contribution in [3.05, 3.63) is 34.1 Å². The van der Waals surface area contributed by atoms with E-state index in [4.69, 9.17) is 0 Å². The molecule has 3 heteroatoms. The molecule has 0 atom stereocenters. The van der Waals surface area contributed by atoms with Crippen LogP contribution in [0.4, 0.5) is 4.39 Å². The van der Waals surface area contributed by atoms with Gasteiger partial charge in [-0.05, 0) is 48.9 Å². The van der Waals surface area contributed by atoms with Gasteiger partial charge in [0.25, 0.3) is 0 Å². The summed E-state index contributed by atoms with van der Waals surface area (Å²) in [6.45, 7) is 0. The first-order chi connectivity index (χ1) is 7.65. The van der Waals surface area contributed by atoms with Crippen LogP contribution in [0.25, 0.3) is 0 Å². The van der Waals surface area contributed by atoms with Gasteiger partial charge in [-0.25, -0.2) is 4.39 Å². The molecule has 0 N–H and O–H groups in total. The zero-order chi connectivity index (χ0) is 11.5. The van der Waals surface area contributed by atoms with Crippen LogP contribution in [0.1, 0.15) is 31.2 Å². The van der Waals surface area contributed by atoms with Crippen molar-refractivity contribution in [3.63, 3.8) is 0 Å². The number of carbonyl (C=O) groups excluding carboxylic acids is 1. The predicted octanol–water partition coefficient (Wildman–Crippen LogP) is 3.89. The normalized spacial score (nSPS) is 17.8. The van der Waals surface area contributed by atoms with Gasteiger partial charge in [0.15, 0.2) is 0 Å². The number of rotatable bonds is 2. The Labute approximate surface area is 103 Å². The van der Waals surface area contributed by atoms with Crippen LogP contribution in [-0.2, 0) is 11.2 Å². The maximum Gasteiger partial charge on any atom is 0.132 e. The SMILES string of the molecule is O=C1CCC(Cc2cc(Br)ccc2F)CC1. The summed E-state index contributed by atoms with van der Waals surface area (Å²) < 4.78 is 14.4. The Balaban J connectivity index is 2.03. The quantitative estimate of drug-likeness (QED) is 0.805. The summed E-state index contributed by atoms with van der Waals surface area (Å²) in [6, 6.07) is 5.04. The van der Waals surface area contributed by atoms with E-state index in [-0.39, 0.29) is 5.82 Å². The molecular formula is C13H14BrFO. The minimum atomic E-state index is -0.139. The number of benzene rings is 1. The highest BCUT2D eigenvalue weighted by Crippen LogP contribution is 2.27. The van der Waals surface area contributed by atoms with E-state index in [0.29, 0.717) is 24.5 Å². The fourth-order valence-corrected chi connectivity index (χ4v) is 2.62. The number of hydrogen-bond acceptors (Lipinski definition) is 1. The molecule has 0 amide bonds. The minimum absolute atomic E-state index is 0.139. The smallest absolute Gasteiger partial charge is 0.132 e. The molecule has 1 aliphatic rings. The molecular weight excluding hydrogens is 271 g/mol. The van der Waals surface area contributed by atoms with Gasteiger partial charge in [-0.1, -0.05) is 15.9 Å². The standard InChI is InChI=1S/C13H14BrFO/c14-11-3-6-13(15)10(8-11)7-9-1-4-12(16)5-2-9/h3,6,8-9H,1-2,4-5,7H2. The Morgan fingerprint density at radius 2 is 2.00 bits per heavy atom. The summed E-state index contributed by atoms with van der Waals surface area (Å²) in [4.78, 5) is 11.1. The summed E-state index contributed by atoms with van der Waals surface area (Å²) in [5.74, 6) is 0.674. The molecule has 1 aliphatic carbocycles. The molecule has 0 saturated heterocycles. The van der Waals surface area contributed by atoms with Crippen molar-refractivity contribution < 1.29 is 9.18 Å². The predicted molar refractivity (Wildman–Crippen MR) is 64.8 cm³/mol.